The fraction of sp³-hybridized carbons (Fsp3) is 0.231. The van der Waals surface area contributed by atoms with Crippen LogP contribution in [0.2, 0.25) is 0 Å². The second kappa shape index (κ2) is 5.38. The van der Waals surface area contributed by atoms with Gasteiger partial charge in [0.25, 0.3) is 0 Å². The Kier molecular flexibility index (Phi) is 3.86. The van der Waals surface area contributed by atoms with Gasteiger partial charge in [0.05, 0.1) is 0 Å². The van der Waals surface area contributed by atoms with E-state index in [1.807, 2.05) is 16.8 Å². The quantitative estimate of drug-likeness (QED) is 0.872. The summed E-state index contributed by atoms with van der Waals surface area (Å²) in [7, 11) is 0. The van der Waals surface area contributed by atoms with E-state index in [1.165, 1.54) is 18.2 Å². The van der Waals surface area contributed by atoms with Gasteiger partial charge in [-0.2, -0.15) is 11.3 Å². The molecule has 0 radical (unpaired) electrons. The smallest absolute Gasteiger partial charge is 0.130 e. The van der Waals surface area contributed by atoms with E-state index in [0.29, 0.717) is 6.54 Å². The van der Waals surface area contributed by atoms with Gasteiger partial charge in [0.15, 0.2) is 0 Å². The SMILES string of the molecule is CC(NCc1ccsc1)c1c(F)cccc1F. The van der Waals surface area contributed by atoms with Crippen molar-refractivity contribution in [3.05, 3.63) is 57.8 Å². The van der Waals surface area contributed by atoms with Crippen LogP contribution in [0.5, 0.6) is 0 Å². The third-order valence-electron chi connectivity index (χ3n) is 2.63. The number of halogens is 2. The summed E-state index contributed by atoms with van der Waals surface area (Å²) in [5.74, 6) is -1.01. The molecule has 2 rings (SSSR count). The molecule has 0 amide bonds. The average Bonchev–Trinajstić information content (AvgIpc) is 2.79. The molecule has 0 bridgehead atoms. The van der Waals surface area contributed by atoms with Crippen molar-refractivity contribution in [1.82, 2.24) is 5.32 Å². The first-order valence-electron chi connectivity index (χ1n) is 5.37. The summed E-state index contributed by atoms with van der Waals surface area (Å²) in [5.41, 5.74) is 1.22. The first kappa shape index (κ1) is 12.2. The lowest BCUT2D eigenvalue weighted by Crippen LogP contribution is -2.20. The van der Waals surface area contributed by atoms with Gasteiger partial charge >= 0.3 is 0 Å². The number of hydrogen-bond acceptors (Lipinski definition) is 2. The number of thiophene rings is 1. The highest BCUT2D eigenvalue weighted by Gasteiger charge is 2.15. The van der Waals surface area contributed by atoms with Gasteiger partial charge in [0.2, 0.25) is 0 Å². The van der Waals surface area contributed by atoms with Crippen LogP contribution in [0, 0.1) is 11.6 Å². The van der Waals surface area contributed by atoms with Gasteiger partial charge in [-0.25, -0.2) is 8.78 Å². The van der Waals surface area contributed by atoms with Crippen LogP contribution in [0.1, 0.15) is 24.1 Å². The van der Waals surface area contributed by atoms with Crippen molar-refractivity contribution >= 4 is 11.3 Å². The number of rotatable bonds is 4. The van der Waals surface area contributed by atoms with Crippen molar-refractivity contribution in [2.45, 2.75) is 19.5 Å². The lowest BCUT2D eigenvalue weighted by molar-refractivity contribution is 0.488. The van der Waals surface area contributed by atoms with Gasteiger partial charge < -0.3 is 5.32 Å². The molecule has 1 nitrogen and oxygen atoms in total. The minimum atomic E-state index is -0.504. The molecule has 17 heavy (non-hydrogen) atoms. The Labute approximate surface area is 103 Å². The Morgan fingerprint density at radius 2 is 1.94 bits per heavy atom. The first-order chi connectivity index (χ1) is 8.18. The predicted molar refractivity (Wildman–Crippen MR) is 65.9 cm³/mol. The maximum Gasteiger partial charge on any atom is 0.130 e. The fourth-order valence-corrected chi connectivity index (χ4v) is 2.36. The number of nitrogens with one attached hydrogen (secondary N) is 1. The van der Waals surface area contributed by atoms with Crippen LogP contribution >= 0.6 is 11.3 Å². The molecular weight excluding hydrogens is 240 g/mol. The Morgan fingerprint density at radius 1 is 1.24 bits per heavy atom. The van der Waals surface area contributed by atoms with Gasteiger partial charge in [0, 0.05) is 18.2 Å². The van der Waals surface area contributed by atoms with Gasteiger partial charge in [-0.15, -0.1) is 0 Å². The second-order valence-corrected chi connectivity index (χ2v) is 4.65. The molecule has 0 fully saturated rings. The summed E-state index contributed by atoms with van der Waals surface area (Å²) in [5, 5.41) is 7.10. The molecule has 1 aromatic carbocycles. The molecule has 0 saturated heterocycles. The van der Waals surface area contributed by atoms with Crippen molar-refractivity contribution in [2.24, 2.45) is 0 Å². The summed E-state index contributed by atoms with van der Waals surface area (Å²) in [4.78, 5) is 0. The van der Waals surface area contributed by atoms with Crippen molar-refractivity contribution in [2.75, 3.05) is 0 Å². The minimum Gasteiger partial charge on any atom is -0.306 e. The Bertz CT molecular complexity index is 462. The maximum absolute atomic E-state index is 13.5. The van der Waals surface area contributed by atoms with Crippen molar-refractivity contribution in [1.29, 1.82) is 0 Å². The van der Waals surface area contributed by atoms with Crippen molar-refractivity contribution < 1.29 is 8.78 Å². The molecule has 4 heteroatoms. The third kappa shape index (κ3) is 2.90. The topological polar surface area (TPSA) is 12.0 Å². The molecule has 2 aromatic rings. The van der Waals surface area contributed by atoms with Crippen LogP contribution < -0.4 is 5.32 Å². The minimum absolute atomic E-state index is 0.0997. The normalized spacial score (nSPS) is 12.6. The summed E-state index contributed by atoms with van der Waals surface area (Å²) in [6.07, 6.45) is 0. The average molecular weight is 253 g/mol. The zero-order chi connectivity index (χ0) is 12.3. The standard InChI is InChI=1S/C13H13F2NS/c1-9(16-7-10-5-6-17-8-10)13-11(14)3-2-4-12(13)15/h2-6,8-9,16H,7H2,1H3. The maximum atomic E-state index is 13.5. The Hall–Kier alpha value is -1.26. The Morgan fingerprint density at radius 3 is 2.53 bits per heavy atom. The highest BCUT2D eigenvalue weighted by Crippen LogP contribution is 2.20. The van der Waals surface area contributed by atoms with E-state index in [1.54, 1.807) is 18.3 Å². The highest BCUT2D eigenvalue weighted by molar-refractivity contribution is 7.07. The lowest BCUT2D eigenvalue weighted by atomic mass is 10.1. The highest BCUT2D eigenvalue weighted by atomic mass is 32.1. The van der Waals surface area contributed by atoms with Gasteiger partial charge in [0.1, 0.15) is 11.6 Å². The zero-order valence-electron chi connectivity index (χ0n) is 9.41. The van der Waals surface area contributed by atoms with E-state index in [0.717, 1.165) is 5.56 Å². The molecule has 1 atom stereocenters. The predicted octanol–water partition coefficient (Wildman–Crippen LogP) is 3.88. The van der Waals surface area contributed by atoms with Crippen molar-refractivity contribution in [3.63, 3.8) is 0 Å². The number of benzene rings is 1. The van der Waals surface area contributed by atoms with Gasteiger partial charge in [-0.05, 0) is 41.4 Å². The van der Waals surface area contributed by atoms with Gasteiger partial charge in [-0.3, -0.25) is 0 Å². The second-order valence-electron chi connectivity index (χ2n) is 3.87. The molecule has 1 unspecified atom stereocenters. The summed E-state index contributed by atoms with van der Waals surface area (Å²) >= 11 is 1.61. The van der Waals surface area contributed by atoms with E-state index in [2.05, 4.69) is 5.32 Å². The van der Waals surface area contributed by atoms with Crippen LogP contribution in [0.4, 0.5) is 8.78 Å². The zero-order valence-corrected chi connectivity index (χ0v) is 10.2. The molecule has 0 aliphatic rings. The summed E-state index contributed by atoms with van der Waals surface area (Å²) < 4.78 is 27.0. The van der Waals surface area contributed by atoms with Crippen LogP contribution in [0.3, 0.4) is 0 Å². The van der Waals surface area contributed by atoms with E-state index in [-0.39, 0.29) is 11.6 Å². The number of hydrogen-bond donors (Lipinski definition) is 1. The van der Waals surface area contributed by atoms with Crippen LogP contribution in [0.15, 0.2) is 35.0 Å². The van der Waals surface area contributed by atoms with E-state index in [9.17, 15) is 8.78 Å². The summed E-state index contributed by atoms with van der Waals surface area (Å²) in [6, 6.07) is 5.57. The first-order valence-corrected chi connectivity index (χ1v) is 6.31. The molecule has 0 spiro atoms. The molecule has 0 aliphatic heterocycles. The fourth-order valence-electron chi connectivity index (χ4n) is 1.69. The molecule has 1 aromatic heterocycles. The van der Waals surface area contributed by atoms with Crippen molar-refractivity contribution in [3.8, 4) is 0 Å². The molecule has 1 heterocycles. The molecule has 1 N–H and O–H groups in total. The third-order valence-corrected chi connectivity index (χ3v) is 3.36. The van der Waals surface area contributed by atoms with Gasteiger partial charge in [-0.1, -0.05) is 6.07 Å². The summed E-state index contributed by atoms with van der Waals surface area (Å²) in [6.45, 7) is 2.37. The molecular formula is C13H13F2NS. The molecule has 0 saturated carbocycles. The lowest BCUT2D eigenvalue weighted by Gasteiger charge is -2.15. The monoisotopic (exact) mass is 253 g/mol. The Balaban J connectivity index is 2.07. The van der Waals surface area contributed by atoms with E-state index >= 15 is 0 Å². The largest absolute Gasteiger partial charge is 0.306 e. The van der Waals surface area contributed by atoms with Crippen LogP contribution in [-0.4, -0.2) is 0 Å². The molecule has 90 valence electrons. The molecule has 0 aliphatic carbocycles. The van der Waals surface area contributed by atoms with Crippen LogP contribution in [-0.2, 0) is 6.54 Å². The van der Waals surface area contributed by atoms with Crippen LogP contribution in [0.25, 0.3) is 0 Å². The van der Waals surface area contributed by atoms with E-state index < -0.39 is 11.6 Å². The van der Waals surface area contributed by atoms with E-state index in [4.69, 9.17) is 0 Å².